The van der Waals surface area contributed by atoms with Crippen LogP contribution in [0.25, 0.3) is 0 Å². The minimum absolute atomic E-state index is 0.923. The summed E-state index contributed by atoms with van der Waals surface area (Å²) in [5.41, 5.74) is 0. The number of likely N-dealkylation sites (tertiary alicyclic amines) is 1. The Bertz CT molecular complexity index is 188. The lowest BCUT2D eigenvalue weighted by Crippen LogP contribution is -2.41. The molecule has 0 bridgehead atoms. The van der Waals surface area contributed by atoms with Crippen molar-refractivity contribution in [2.45, 2.75) is 26.2 Å². The normalized spacial score (nSPS) is 30.2. The second-order valence-corrected chi connectivity index (χ2v) is 5.31. The Kier molecular flexibility index (Phi) is 5.07. The van der Waals surface area contributed by atoms with Crippen LogP contribution in [0, 0.1) is 5.92 Å². The number of piperidine rings is 1. The van der Waals surface area contributed by atoms with Crippen LogP contribution in [0.4, 0.5) is 0 Å². The molecule has 2 heterocycles. The third kappa shape index (κ3) is 3.72. The summed E-state index contributed by atoms with van der Waals surface area (Å²) in [5, 5.41) is 3.48. The molecule has 3 nitrogen and oxygen atoms in total. The third-order valence-electron chi connectivity index (χ3n) is 4.00. The van der Waals surface area contributed by atoms with E-state index in [-0.39, 0.29) is 0 Å². The maximum atomic E-state index is 3.48. The summed E-state index contributed by atoms with van der Waals surface area (Å²) in [5.74, 6) is 0.923. The van der Waals surface area contributed by atoms with E-state index >= 15 is 0 Å². The SMILES string of the molecule is CCN1CCCC(CN2CCCNCC2)C1. The molecule has 1 N–H and O–H groups in total. The molecule has 2 fully saturated rings. The Morgan fingerprint density at radius 3 is 2.81 bits per heavy atom. The minimum atomic E-state index is 0.923. The van der Waals surface area contributed by atoms with Crippen molar-refractivity contribution < 1.29 is 0 Å². The highest BCUT2D eigenvalue weighted by molar-refractivity contribution is 4.76. The van der Waals surface area contributed by atoms with Crippen molar-refractivity contribution in [1.29, 1.82) is 0 Å². The highest BCUT2D eigenvalue weighted by atomic mass is 15.2. The Labute approximate surface area is 100 Å². The van der Waals surface area contributed by atoms with E-state index in [1.807, 2.05) is 0 Å². The molecule has 0 radical (unpaired) electrons. The smallest absolute Gasteiger partial charge is 0.0107 e. The molecule has 3 heteroatoms. The molecule has 0 aliphatic carbocycles. The van der Waals surface area contributed by atoms with Crippen LogP contribution in [0.1, 0.15) is 26.2 Å². The van der Waals surface area contributed by atoms with Gasteiger partial charge in [0.2, 0.25) is 0 Å². The monoisotopic (exact) mass is 225 g/mol. The van der Waals surface area contributed by atoms with Crippen molar-refractivity contribution in [3.05, 3.63) is 0 Å². The zero-order valence-corrected chi connectivity index (χ0v) is 10.7. The second kappa shape index (κ2) is 6.58. The van der Waals surface area contributed by atoms with Crippen LogP contribution in [0.2, 0.25) is 0 Å². The molecule has 2 saturated heterocycles. The predicted octanol–water partition coefficient (Wildman–Crippen LogP) is 1.01. The van der Waals surface area contributed by atoms with Gasteiger partial charge in [-0.3, -0.25) is 0 Å². The first-order valence-corrected chi connectivity index (χ1v) is 7.04. The summed E-state index contributed by atoms with van der Waals surface area (Å²) in [6.07, 6.45) is 4.18. The summed E-state index contributed by atoms with van der Waals surface area (Å²) in [4.78, 5) is 5.29. The fraction of sp³-hybridized carbons (Fsp3) is 1.00. The van der Waals surface area contributed by atoms with E-state index in [9.17, 15) is 0 Å². The van der Waals surface area contributed by atoms with Crippen LogP contribution < -0.4 is 5.32 Å². The lowest BCUT2D eigenvalue weighted by atomic mass is 9.97. The van der Waals surface area contributed by atoms with Gasteiger partial charge in [-0.05, 0) is 51.4 Å². The maximum absolute atomic E-state index is 3.48. The average molecular weight is 225 g/mol. The Morgan fingerprint density at radius 2 is 1.94 bits per heavy atom. The molecule has 0 saturated carbocycles. The van der Waals surface area contributed by atoms with Gasteiger partial charge in [0.1, 0.15) is 0 Å². The van der Waals surface area contributed by atoms with Crippen molar-refractivity contribution >= 4 is 0 Å². The molecule has 2 rings (SSSR count). The average Bonchev–Trinajstić information content (AvgIpc) is 2.58. The lowest BCUT2D eigenvalue weighted by Gasteiger charge is -2.34. The lowest BCUT2D eigenvalue weighted by molar-refractivity contribution is 0.140. The van der Waals surface area contributed by atoms with Crippen LogP contribution in [0.5, 0.6) is 0 Å². The summed E-state index contributed by atoms with van der Waals surface area (Å²) in [6, 6.07) is 0. The molecule has 16 heavy (non-hydrogen) atoms. The Balaban J connectivity index is 1.74. The molecule has 94 valence electrons. The highest BCUT2D eigenvalue weighted by Gasteiger charge is 2.21. The van der Waals surface area contributed by atoms with Crippen molar-refractivity contribution in [3.63, 3.8) is 0 Å². The first-order chi connectivity index (χ1) is 7.88. The van der Waals surface area contributed by atoms with Crippen molar-refractivity contribution in [2.75, 3.05) is 52.4 Å². The van der Waals surface area contributed by atoms with E-state index in [4.69, 9.17) is 0 Å². The molecule has 0 aromatic rings. The van der Waals surface area contributed by atoms with Crippen molar-refractivity contribution in [1.82, 2.24) is 15.1 Å². The van der Waals surface area contributed by atoms with Gasteiger partial charge in [0.25, 0.3) is 0 Å². The van der Waals surface area contributed by atoms with E-state index in [2.05, 4.69) is 22.0 Å². The number of hydrogen-bond donors (Lipinski definition) is 1. The molecule has 0 aromatic carbocycles. The Hall–Kier alpha value is -0.120. The topological polar surface area (TPSA) is 18.5 Å². The van der Waals surface area contributed by atoms with Gasteiger partial charge >= 0.3 is 0 Å². The summed E-state index contributed by atoms with van der Waals surface area (Å²) in [6.45, 7) is 12.5. The summed E-state index contributed by atoms with van der Waals surface area (Å²) >= 11 is 0. The Morgan fingerprint density at radius 1 is 1.06 bits per heavy atom. The van der Waals surface area contributed by atoms with Crippen molar-refractivity contribution in [3.8, 4) is 0 Å². The largest absolute Gasteiger partial charge is 0.315 e. The first kappa shape index (κ1) is 12.3. The van der Waals surface area contributed by atoms with Gasteiger partial charge in [-0.2, -0.15) is 0 Å². The van der Waals surface area contributed by atoms with Gasteiger partial charge < -0.3 is 15.1 Å². The fourth-order valence-corrected chi connectivity index (χ4v) is 3.04. The van der Waals surface area contributed by atoms with Crippen LogP contribution >= 0.6 is 0 Å². The van der Waals surface area contributed by atoms with Gasteiger partial charge in [0, 0.05) is 26.2 Å². The second-order valence-electron chi connectivity index (χ2n) is 5.31. The molecule has 0 spiro atoms. The molecule has 0 aromatic heterocycles. The van der Waals surface area contributed by atoms with Crippen LogP contribution in [-0.4, -0.2) is 62.2 Å². The van der Waals surface area contributed by atoms with Gasteiger partial charge in [-0.1, -0.05) is 6.92 Å². The first-order valence-electron chi connectivity index (χ1n) is 7.04. The van der Waals surface area contributed by atoms with E-state index in [1.165, 1.54) is 71.6 Å². The van der Waals surface area contributed by atoms with E-state index in [0.29, 0.717) is 0 Å². The molecular formula is C13H27N3. The molecule has 1 atom stereocenters. The van der Waals surface area contributed by atoms with Crippen molar-refractivity contribution in [2.24, 2.45) is 5.92 Å². The van der Waals surface area contributed by atoms with Crippen LogP contribution in [-0.2, 0) is 0 Å². The highest BCUT2D eigenvalue weighted by Crippen LogP contribution is 2.17. The predicted molar refractivity (Wildman–Crippen MR) is 68.8 cm³/mol. The van der Waals surface area contributed by atoms with Crippen LogP contribution in [0.15, 0.2) is 0 Å². The van der Waals surface area contributed by atoms with E-state index in [0.717, 1.165) is 5.92 Å². The van der Waals surface area contributed by atoms with E-state index in [1.54, 1.807) is 0 Å². The molecule has 0 amide bonds. The molecule has 1 unspecified atom stereocenters. The number of nitrogens with zero attached hydrogens (tertiary/aromatic N) is 2. The van der Waals surface area contributed by atoms with Gasteiger partial charge in [-0.15, -0.1) is 0 Å². The third-order valence-corrected chi connectivity index (χ3v) is 4.00. The summed E-state index contributed by atoms with van der Waals surface area (Å²) < 4.78 is 0. The van der Waals surface area contributed by atoms with Crippen LogP contribution in [0.3, 0.4) is 0 Å². The summed E-state index contributed by atoms with van der Waals surface area (Å²) in [7, 11) is 0. The number of hydrogen-bond acceptors (Lipinski definition) is 3. The van der Waals surface area contributed by atoms with Gasteiger partial charge in [0.15, 0.2) is 0 Å². The number of nitrogens with one attached hydrogen (secondary N) is 1. The maximum Gasteiger partial charge on any atom is 0.0107 e. The minimum Gasteiger partial charge on any atom is -0.315 e. The zero-order valence-electron chi connectivity index (χ0n) is 10.7. The van der Waals surface area contributed by atoms with Gasteiger partial charge in [0.05, 0.1) is 0 Å². The molecule has 2 aliphatic heterocycles. The zero-order chi connectivity index (χ0) is 11.2. The molecule has 2 aliphatic rings. The van der Waals surface area contributed by atoms with Gasteiger partial charge in [-0.25, -0.2) is 0 Å². The fourth-order valence-electron chi connectivity index (χ4n) is 3.04. The standard InChI is InChI=1S/C13H27N3/c1-2-15-8-3-5-13(11-15)12-16-9-4-6-14-7-10-16/h13-14H,2-12H2,1H3. The quantitative estimate of drug-likeness (QED) is 0.773. The van der Waals surface area contributed by atoms with E-state index < -0.39 is 0 Å². The number of rotatable bonds is 3. The molecular weight excluding hydrogens is 198 g/mol.